The molecule has 1 fully saturated rings. The molecule has 1 aromatic carbocycles. The summed E-state index contributed by atoms with van der Waals surface area (Å²) in [4.78, 5) is 29.9. The van der Waals surface area contributed by atoms with Crippen LogP contribution in [0, 0.1) is 19.8 Å². The van der Waals surface area contributed by atoms with Gasteiger partial charge in [-0.3, -0.25) is 9.59 Å². The van der Waals surface area contributed by atoms with Crippen molar-refractivity contribution in [1.29, 1.82) is 0 Å². The number of hydrogen-bond acceptors (Lipinski definition) is 4. The number of pyridine rings is 1. The number of likely N-dealkylation sites (tertiary alicyclic amines) is 1. The lowest BCUT2D eigenvalue weighted by atomic mass is 9.96. The van der Waals surface area contributed by atoms with E-state index < -0.39 is 0 Å². The maximum absolute atomic E-state index is 12.4. The molecule has 1 aliphatic rings. The fraction of sp³-hybridized carbons (Fsp3) is 0.409. The van der Waals surface area contributed by atoms with Crippen LogP contribution in [0.3, 0.4) is 0 Å². The molecule has 2 aromatic rings. The molecule has 0 spiro atoms. The van der Waals surface area contributed by atoms with Gasteiger partial charge in [-0.25, -0.2) is 4.98 Å². The molecule has 28 heavy (non-hydrogen) atoms. The second-order valence-electron chi connectivity index (χ2n) is 7.43. The van der Waals surface area contributed by atoms with Crippen molar-refractivity contribution in [2.45, 2.75) is 40.2 Å². The lowest BCUT2D eigenvalue weighted by Crippen LogP contribution is -2.42. The molecule has 2 amide bonds. The van der Waals surface area contributed by atoms with Crippen LogP contribution in [0.5, 0.6) is 11.6 Å². The van der Waals surface area contributed by atoms with E-state index in [0.29, 0.717) is 38.4 Å². The van der Waals surface area contributed by atoms with Gasteiger partial charge in [-0.15, -0.1) is 0 Å². The number of aromatic nitrogens is 1. The highest BCUT2D eigenvalue weighted by Crippen LogP contribution is 2.23. The second kappa shape index (κ2) is 8.87. The molecule has 0 saturated carbocycles. The van der Waals surface area contributed by atoms with E-state index in [1.165, 1.54) is 0 Å². The molecular weight excluding hydrogens is 354 g/mol. The zero-order valence-electron chi connectivity index (χ0n) is 16.7. The van der Waals surface area contributed by atoms with Gasteiger partial charge < -0.3 is 15.0 Å². The minimum atomic E-state index is -0.0385. The van der Waals surface area contributed by atoms with E-state index in [0.717, 1.165) is 22.4 Å². The monoisotopic (exact) mass is 381 g/mol. The van der Waals surface area contributed by atoms with Crippen molar-refractivity contribution >= 4 is 11.8 Å². The first kappa shape index (κ1) is 19.9. The quantitative estimate of drug-likeness (QED) is 0.862. The highest BCUT2D eigenvalue weighted by atomic mass is 16.5. The lowest BCUT2D eigenvalue weighted by Gasteiger charge is -2.30. The molecule has 0 radical (unpaired) electrons. The normalized spacial score (nSPS) is 14.6. The number of nitrogens with one attached hydrogen (secondary N) is 1. The Balaban J connectivity index is 1.54. The first-order chi connectivity index (χ1) is 13.4. The molecule has 2 heterocycles. The Morgan fingerprint density at radius 2 is 1.82 bits per heavy atom. The molecule has 0 aliphatic carbocycles. The van der Waals surface area contributed by atoms with Gasteiger partial charge in [-0.1, -0.05) is 6.07 Å². The molecule has 1 N–H and O–H groups in total. The van der Waals surface area contributed by atoms with E-state index in [2.05, 4.69) is 16.4 Å². The molecule has 0 atom stereocenters. The fourth-order valence-corrected chi connectivity index (χ4v) is 3.52. The Morgan fingerprint density at radius 1 is 1.14 bits per heavy atom. The zero-order chi connectivity index (χ0) is 20.1. The first-order valence-electron chi connectivity index (χ1n) is 9.65. The number of aryl methyl sites for hydroxylation is 2. The van der Waals surface area contributed by atoms with Gasteiger partial charge in [0.05, 0.1) is 0 Å². The smallest absolute Gasteiger partial charge is 0.223 e. The number of amides is 2. The molecule has 1 aliphatic heterocycles. The molecular formula is C22H27N3O3. The maximum atomic E-state index is 12.4. The Bertz CT molecular complexity index is 838. The molecule has 6 heteroatoms. The van der Waals surface area contributed by atoms with Gasteiger partial charge in [0.25, 0.3) is 0 Å². The zero-order valence-corrected chi connectivity index (χ0v) is 16.7. The van der Waals surface area contributed by atoms with Crippen LogP contribution in [0.4, 0.5) is 0 Å². The summed E-state index contributed by atoms with van der Waals surface area (Å²) in [6.45, 7) is 7.35. The number of rotatable bonds is 5. The minimum absolute atomic E-state index is 0.0385. The van der Waals surface area contributed by atoms with Crippen LogP contribution in [0.15, 0.2) is 36.5 Å². The Hall–Kier alpha value is -2.89. The summed E-state index contributed by atoms with van der Waals surface area (Å²) >= 11 is 0. The number of carbonyl (C=O) groups excluding carboxylic acids is 2. The summed E-state index contributed by atoms with van der Waals surface area (Å²) < 4.78 is 5.88. The summed E-state index contributed by atoms with van der Waals surface area (Å²) in [6, 6.07) is 9.74. The summed E-state index contributed by atoms with van der Waals surface area (Å²) in [6.07, 6.45) is 3.11. The second-order valence-corrected chi connectivity index (χ2v) is 7.43. The van der Waals surface area contributed by atoms with Gasteiger partial charge in [0.1, 0.15) is 5.75 Å². The standard InChI is InChI=1S/C22H27N3O3/c1-15-10-16(2)12-20(11-15)28-21-13-18(4-7-23-21)14-24-22(27)19-5-8-25(9-6-19)17(3)26/h4,7,10-13,19H,5-6,8-9,14H2,1-3H3,(H,24,27). The van der Waals surface area contributed by atoms with E-state index in [9.17, 15) is 9.59 Å². The number of ether oxygens (including phenoxy) is 1. The van der Waals surface area contributed by atoms with Crippen LogP contribution in [-0.2, 0) is 16.1 Å². The Morgan fingerprint density at radius 3 is 2.46 bits per heavy atom. The van der Waals surface area contributed by atoms with Crippen LogP contribution in [0.2, 0.25) is 0 Å². The number of benzene rings is 1. The van der Waals surface area contributed by atoms with E-state index in [-0.39, 0.29) is 17.7 Å². The van der Waals surface area contributed by atoms with Crippen molar-refractivity contribution in [1.82, 2.24) is 15.2 Å². The third kappa shape index (κ3) is 5.31. The minimum Gasteiger partial charge on any atom is -0.439 e. The van der Waals surface area contributed by atoms with Crippen LogP contribution in [-0.4, -0.2) is 34.8 Å². The molecule has 1 saturated heterocycles. The Labute approximate surface area is 165 Å². The molecule has 148 valence electrons. The van der Waals surface area contributed by atoms with Crippen molar-refractivity contribution in [3.8, 4) is 11.6 Å². The maximum Gasteiger partial charge on any atom is 0.223 e. The van der Waals surface area contributed by atoms with Crippen molar-refractivity contribution in [2.24, 2.45) is 5.92 Å². The predicted octanol–water partition coefficient (Wildman–Crippen LogP) is 3.37. The third-order valence-electron chi connectivity index (χ3n) is 4.99. The third-order valence-corrected chi connectivity index (χ3v) is 4.99. The summed E-state index contributed by atoms with van der Waals surface area (Å²) in [5.74, 6) is 1.34. The largest absolute Gasteiger partial charge is 0.439 e. The number of nitrogens with zero attached hydrogens (tertiary/aromatic N) is 2. The van der Waals surface area contributed by atoms with Crippen molar-refractivity contribution in [2.75, 3.05) is 13.1 Å². The molecule has 0 unspecified atom stereocenters. The first-order valence-corrected chi connectivity index (χ1v) is 9.65. The van der Waals surface area contributed by atoms with Crippen LogP contribution >= 0.6 is 0 Å². The van der Waals surface area contributed by atoms with Crippen LogP contribution in [0.1, 0.15) is 36.5 Å². The van der Waals surface area contributed by atoms with Crippen molar-refractivity contribution in [3.05, 3.63) is 53.2 Å². The molecule has 6 nitrogen and oxygen atoms in total. The SMILES string of the molecule is CC(=O)N1CCC(C(=O)NCc2ccnc(Oc3cc(C)cc(C)c3)c2)CC1. The number of carbonyl (C=O) groups is 2. The fourth-order valence-electron chi connectivity index (χ4n) is 3.52. The topological polar surface area (TPSA) is 71.5 Å². The average Bonchev–Trinajstić information content (AvgIpc) is 2.65. The Kier molecular flexibility index (Phi) is 6.29. The van der Waals surface area contributed by atoms with E-state index >= 15 is 0 Å². The van der Waals surface area contributed by atoms with Crippen molar-refractivity contribution < 1.29 is 14.3 Å². The average molecular weight is 381 g/mol. The van der Waals surface area contributed by atoms with Gasteiger partial charge >= 0.3 is 0 Å². The highest BCUT2D eigenvalue weighted by molar-refractivity contribution is 5.79. The van der Waals surface area contributed by atoms with Gasteiger partial charge in [0.2, 0.25) is 17.7 Å². The number of hydrogen-bond donors (Lipinski definition) is 1. The van der Waals surface area contributed by atoms with E-state index in [1.807, 2.05) is 38.1 Å². The lowest BCUT2D eigenvalue weighted by molar-refractivity contribution is -0.134. The summed E-state index contributed by atoms with van der Waals surface area (Å²) in [5, 5.41) is 3.00. The van der Waals surface area contributed by atoms with Gasteiger partial charge in [0.15, 0.2) is 0 Å². The summed E-state index contributed by atoms with van der Waals surface area (Å²) in [7, 11) is 0. The predicted molar refractivity (Wildman–Crippen MR) is 107 cm³/mol. The molecule has 0 bridgehead atoms. The molecule has 3 rings (SSSR count). The van der Waals surface area contributed by atoms with Gasteiger partial charge in [0, 0.05) is 44.7 Å². The van der Waals surface area contributed by atoms with Gasteiger partial charge in [-0.2, -0.15) is 0 Å². The van der Waals surface area contributed by atoms with Crippen LogP contribution < -0.4 is 10.1 Å². The van der Waals surface area contributed by atoms with Crippen LogP contribution in [0.25, 0.3) is 0 Å². The summed E-state index contributed by atoms with van der Waals surface area (Å²) in [5.41, 5.74) is 3.20. The number of piperidine rings is 1. The van der Waals surface area contributed by atoms with E-state index in [4.69, 9.17) is 4.74 Å². The van der Waals surface area contributed by atoms with Gasteiger partial charge in [-0.05, 0) is 61.6 Å². The molecule has 1 aromatic heterocycles. The van der Waals surface area contributed by atoms with Crippen molar-refractivity contribution in [3.63, 3.8) is 0 Å². The highest BCUT2D eigenvalue weighted by Gasteiger charge is 2.25. The van der Waals surface area contributed by atoms with E-state index in [1.54, 1.807) is 18.0 Å².